The van der Waals surface area contributed by atoms with Crippen molar-refractivity contribution in [2.24, 2.45) is 16.1 Å². The first-order chi connectivity index (χ1) is 9.69. The van der Waals surface area contributed by atoms with Gasteiger partial charge in [-0.05, 0) is 51.4 Å². The maximum Gasteiger partial charge on any atom is 0.306 e. The minimum absolute atomic E-state index is 0.0463. The summed E-state index contributed by atoms with van der Waals surface area (Å²) in [6.45, 7) is 0.521. The average molecular weight is 282 g/mol. The number of carboxylic acids is 1. The van der Waals surface area contributed by atoms with Crippen molar-refractivity contribution >= 4 is 12.4 Å². The molecule has 0 saturated heterocycles. The van der Waals surface area contributed by atoms with Crippen LogP contribution < -0.4 is 0 Å². The van der Waals surface area contributed by atoms with Crippen LogP contribution >= 0.6 is 0 Å². The summed E-state index contributed by atoms with van der Waals surface area (Å²) in [5.74, 6) is -0.883. The lowest BCUT2D eigenvalue weighted by atomic mass is 9.86. The summed E-state index contributed by atoms with van der Waals surface area (Å²) in [5, 5.41) is 17.7. The first-order valence-electron chi connectivity index (χ1n) is 7.41. The SMILES string of the molecule is O=COC1CCC(N=NC2CCC(C(=O)O)CC2)CC1. The third kappa shape index (κ3) is 4.28. The zero-order chi connectivity index (χ0) is 14.4. The van der Waals surface area contributed by atoms with Crippen molar-refractivity contribution in [1.82, 2.24) is 0 Å². The quantitative estimate of drug-likeness (QED) is 0.620. The fourth-order valence-corrected chi connectivity index (χ4v) is 3.00. The van der Waals surface area contributed by atoms with Gasteiger partial charge in [-0.25, -0.2) is 0 Å². The monoisotopic (exact) mass is 282 g/mol. The Morgan fingerprint density at radius 1 is 0.950 bits per heavy atom. The van der Waals surface area contributed by atoms with E-state index in [0.29, 0.717) is 19.3 Å². The van der Waals surface area contributed by atoms with E-state index in [2.05, 4.69) is 10.2 Å². The van der Waals surface area contributed by atoms with Gasteiger partial charge in [0.2, 0.25) is 0 Å². The highest BCUT2D eigenvalue weighted by Crippen LogP contribution is 2.28. The van der Waals surface area contributed by atoms with E-state index < -0.39 is 5.97 Å². The van der Waals surface area contributed by atoms with E-state index in [1.807, 2.05) is 0 Å². The fraction of sp³-hybridized carbons (Fsp3) is 0.857. The van der Waals surface area contributed by atoms with Gasteiger partial charge in [0.1, 0.15) is 6.10 Å². The Morgan fingerprint density at radius 3 is 1.90 bits per heavy atom. The first kappa shape index (κ1) is 14.9. The number of carboxylic acid groups (broad SMARTS) is 1. The standard InChI is InChI=1S/C14H22N2O4/c17-9-20-13-7-5-12(6-8-13)16-15-11-3-1-10(2-4-11)14(18)19/h9-13H,1-8H2,(H,18,19). The van der Waals surface area contributed by atoms with E-state index in [0.717, 1.165) is 38.5 Å². The van der Waals surface area contributed by atoms with Gasteiger partial charge in [0.15, 0.2) is 0 Å². The summed E-state index contributed by atoms with van der Waals surface area (Å²) in [7, 11) is 0. The molecule has 0 spiro atoms. The summed E-state index contributed by atoms with van der Waals surface area (Å²) in [6, 6.07) is 0.424. The molecule has 20 heavy (non-hydrogen) atoms. The van der Waals surface area contributed by atoms with E-state index in [-0.39, 0.29) is 24.1 Å². The Kier molecular flexibility index (Phi) is 5.49. The Balaban J connectivity index is 1.69. The number of azo groups is 1. The minimum Gasteiger partial charge on any atom is -0.481 e. The van der Waals surface area contributed by atoms with Crippen LogP contribution in [0.3, 0.4) is 0 Å². The fourth-order valence-electron chi connectivity index (χ4n) is 3.00. The van der Waals surface area contributed by atoms with E-state index in [1.165, 1.54) is 0 Å². The van der Waals surface area contributed by atoms with Crippen molar-refractivity contribution in [1.29, 1.82) is 0 Å². The summed E-state index contributed by atoms with van der Waals surface area (Å²) < 4.78 is 4.95. The Morgan fingerprint density at radius 2 is 1.45 bits per heavy atom. The number of rotatable bonds is 5. The molecule has 1 N–H and O–H groups in total. The predicted molar refractivity (Wildman–Crippen MR) is 71.4 cm³/mol. The molecule has 6 nitrogen and oxygen atoms in total. The molecule has 0 atom stereocenters. The van der Waals surface area contributed by atoms with Gasteiger partial charge in [0.05, 0.1) is 18.0 Å². The average Bonchev–Trinajstić information content (AvgIpc) is 2.47. The van der Waals surface area contributed by atoms with Gasteiger partial charge in [-0.15, -0.1) is 0 Å². The highest BCUT2D eigenvalue weighted by molar-refractivity contribution is 5.70. The largest absolute Gasteiger partial charge is 0.481 e. The van der Waals surface area contributed by atoms with Crippen LogP contribution in [0, 0.1) is 5.92 Å². The van der Waals surface area contributed by atoms with Crippen LogP contribution in [0.25, 0.3) is 0 Å². The minimum atomic E-state index is -0.686. The van der Waals surface area contributed by atoms with Crippen molar-refractivity contribution in [3.8, 4) is 0 Å². The van der Waals surface area contributed by atoms with Crippen LogP contribution in [0.1, 0.15) is 51.4 Å². The second-order valence-electron chi connectivity index (χ2n) is 5.74. The molecule has 2 fully saturated rings. The molecule has 0 aromatic rings. The Labute approximate surface area is 118 Å². The van der Waals surface area contributed by atoms with Gasteiger partial charge in [0.25, 0.3) is 6.47 Å². The summed E-state index contributed by atoms with van der Waals surface area (Å²) >= 11 is 0. The van der Waals surface area contributed by atoms with Crippen LogP contribution in [-0.2, 0) is 14.3 Å². The summed E-state index contributed by atoms with van der Waals surface area (Å²) in [5.41, 5.74) is 0. The van der Waals surface area contributed by atoms with Gasteiger partial charge >= 0.3 is 5.97 Å². The summed E-state index contributed by atoms with van der Waals surface area (Å²) in [6.07, 6.45) is 6.64. The second kappa shape index (κ2) is 7.36. The second-order valence-corrected chi connectivity index (χ2v) is 5.74. The van der Waals surface area contributed by atoms with Crippen molar-refractivity contribution in [3.63, 3.8) is 0 Å². The van der Waals surface area contributed by atoms with Crippen molar-refractivity contribution in [2.45, 2.75) is 69.6 Å². The molecule has 0 heterocycles. The van der Waals surface area contributed by atoms with Crippen molar-refractivity contribution in [2.75, 3.05) is 0 Å². The lowest BCUT2D eigenvalue weighted by Crippen LogP contribution is -2.24. The molecule has 0 aromatic carbocycles. The van der Waals surface area contributed by atoms with Crippen LogP contribution in [0.2, 0.25) is 0 Å². The normalized spacial score (nSPS) is 34.8. The smallest absolute Gasteiger partial charge is 0.306 e. The Hall–Kier alpha value is -1.46. The van der Waals surface area contributed by atoms with Crippen molar-refractivity contribution < 1.29 is 19.4 Å². The molecule has 2 saturated carbocycles. The van der Waals surface area contributed by atoms with Crippen LogP contribution in [0.4, 0.5) is 0 Å². The topological polar surface area (TPSA) is 88.3 Å². The molecule has 6 heteroatoms. The molecule has 2 aliphatic rings. The van der Waals surface area contributed by atoms with E-state index in [1.54, 1.807) is 0 Å². The number of nitrogens with zero attached hydrogens (tertiary/aromatic N) is 2. The maximum absolute atomic E-state index is 10.9. The number of carbonyl (C=O) groups is 2. The summed E-state index contributed by atoms with van der Waals surface area (Å²) in [4.78, 5) is 21.1. The third-order valence-corrected chi connectivity index (χ3v) is 4.33. The number of ether oxygens (including phenoxy) is 1. The number of carbonyl (C=O) groups excluding carboxylic acids is 1. The molecular weight excluding hydrogens is 260 g/mol. The first-order valence-corrected chi connectivity index (χ1v) is 7.41. The molecule has 2 rings (SSSR count). The lowest BCUT2D eigenvalue weighted by molar-refractivity contribution is -0.142. The van der Waals surface area contributed by atoms with Crippen molar-refractivity contribution in [3.05, 3.63) is 0 Å². The molecular formula is C14H22N2O4. The molecule has 2 aliphatic carbocycles. The van der Waals surface area contributed by atoms with Gasteiger partial charge in [-0.1, -0.05) is 0 Å². The molecule has 112 valence electrons. The van der Waals surface area contributed by atoms with Crippen LogP contribution in [0.5, 0.6) is 0 Å². The van der Waals surface area contributed by atoms with E-state index in [9.17, 15) is 9.59 Å². The molecule has 0 aromatic heterocycles. The van der Waals surface area contributed by atoms with Crippen LogP contribution in [0.15, 0.2) is 10.2 Å². The predicted octanol–water partition coefficient (Wildman–Crippen LogP) is 2.57. The zero-order valence-electron chi connectivity index (χ0n) is 11.6. The molecule has 0 bridgehead atoms. The highest BCUT2D eigenvalue weighted by atomic mass is 16.5. The van der Waals surface area contributed by atoms with Gasteiger partial charge in [-0.2, -0.15) is 10.2 Å². The van der Waals surface area contributed by atoms with E-state index >= 15 is 0 Å². The molecule has 0 unspecified atom stereocenters. The molecule has 0 amide bonds. The number of aliphatic carboxylic acids is 1. The maximum atomic E-state index is 10.9. The number of hydrogen-bond acceptors (Lipinski definition) is 5. The zero-order valence-corrected chi connectivity index (χ0v) is 11.6. The third-order valence-electron chi connectivity index (χ3n) is 4.33. The van der Waals surface area contributed by atoms with Gasteiger partial charge in [0, 0.05) is 0 Å². The van der Waals surface area contributed by atoms with Gasteiger partial charge < -0.3 is 9.84 Å². The molecule has 0 aliphatic heterocycles. The molecule has 0 radical (unpaired) electrons. The Bertz CT molecular complexity index is 356. The highest BCUT2D eigenvalue weighted by Gasteiger charge is 2.26. The lowest BCUT2D eigenvalue weighted by Gasteiger charge is -2.25. The van der Waals surface area contributed by atoms with Gasteiger partial charge in [-0.3, -0.25) is 9.59 Å². The number of hydrogen-bond donors (Lipinski definition) is 1. The van der Waals surface area contributed by atoms with Crippen LogP contribution in [-0.4, -0.2) is 35.7 Å². The van der Waals surface area contributed by atoms with E-state index in [4.69, 9.17) is 9.84 Å².